The van der Waals surface area contributed by atoms with Crippen molar-refractivity contribution >= 4 is 22.9 Å². The number of rotatable bonds is 3. The Bertz CT molecular complexity index is 565. The van der Waals surface area contributed by atoms with Crippen LogP contribution in [0.4, 0.5) is 0 Å². The molecular formula is C9H8ClNO4S. The minimum absolute atomic E-state index is 0.312. The Kier molecular flexibility index (Phi) is 3.02. The first kappa shape index (κ1) is 11.2. The number of nitrogens with zero attached hydrogens (tertiary/aromatic N) is 1. The van der Waals surface area contributed by atoms with Gasteiger partial charge in [0.1, 0.15) is 6.04 Å². The zero-order chi connectivity index (χ0) is 11.7. The third-order valence-electron chi connectivity index (χ3n) is 2.08. The van der Waals surface area contributed by atoms with Crippen LogP contribution in [0, 0.1) is 0 Å². The first-order valence-corrected chi connectivity index (χ1v) is 5.80. The van der Waals surface area contributed by atoms with Gasteiger partial charge in [0.15, 0.2) is 0 Å². The van der Waals surface area contributed by atoms with Crippen molar-refractivity contribution in [3.8, 4) is 0 Å². The van der Waals surface area contributed by atoms with E-state index in [0.29, 0.717) is 10.8 Å². The van der Waals surface area contributed by atoms with Crippen molar-refractivity contribution in [1.82, 2.24) is 4.91 Å². The second-order valence-electron chi connectivity index (χ2n) is 3.11. The average molecular weight is 262 g/mol. The standard InChI is InChI=1S/C9H8ClNO4S/c1-2-5(6-3-4-7(10)16-6)11-14-8(12)9(13)15-11/h3-5H,2H2,1H3. The summed E-state index contributed by atoms with van der Waals surface area (Å²) < 4.78 is 9.98. The van der Waals surface area contributed by atoms with Crippen molar-refractivity contribution in [1.29, 1.82) is 0 Å². The molecule has 86 valence electrons. The highest BCUT2D eigenvalue weighted by Crippen LogP contribution is 2.30. The lowest BCUT2D eigenvalue weighted by Crippen LogP contribution is -2.14. The quantitative estimate of drug-likeness (QED) is 0.794. The van der Waals surface area contributed by atoms with E-state index in [1.165, 1.54) is 11.3 Å². The van der Waals surface area contributed by atoms with Crippen LogP contribution in [-0.4, -0.2) is 4.91 Å². The first-order valence-electron chi connectivity index (χ1n) is 4.60. The van der Waals surface area contributed by atoms with Crippen molar-refractivity contribution in [2.75, 3.05) is 0 Å². The fourth-order valence-electron chi connectivity index (χ4n) is 1.35. The normalized spacial score (nSPS) is 12.9. The van der Waals surface area contributed by atoms with E-state index in [1.54, 1.807) is 12.1 Å². The molecule has 0 aliphatic heterocycles. The topological polar surface area (TPSA) is 65.3 Å². The minimum Gasteiger partial charge on any atom is -0.298 e. The van der Waals surface area contributed by atoms with Gasteiger partial charge in [0.25, 0.3) is 0 Å². The molecule has 0 spiro atoms. The summed E-state index contributed by atoms with van der Waals surface area (Å²) in [4.78, 5) is 23.6. The molecule has 1 unspecified atom stereocenters. The number of thiophene rings is 1. The van der Waals surface area contributed by atoms with Crippen LogP contribution in [0.15, 0.2) is 30.8 Å². The summed E-state index contributed by atoms with van der Waals surface area (Å²) in [5.41, 5.74) is -2.00. The van der Waals surface area contributed by atoms with E-state index in [9.17, 15) is 9.59 Å². The predicted octanol–water partition coefficient (Wildman–Crippen LogP) is 2.11. The molecule has 1 atom stereocenters. The van der Waals surface area contributed by atoms with E-state index >= 15 is 0 Å². The van der Waals surface area contributed by atoms with Gasteiger partial charge in [0.05, 0.1) is 4.34 Å². The zero-order valence-electron chi connectivity index (χ0n) is 8.31. The lowest BCUT2D eigenvalue weighted by molar-refractivity contribution is 0.0531. The molecule has 2 rings (SSSR count). The summed E-state index contributed by atoms with van der Waals surface area (Å²) in [5, 5.41) is 0. The van der Waals surface area contributed by atoms with E-state index in [4.69, 9.17) is 11.6 Å². The number of aromatic nitrogens is 1. The maximum Gasteiger partial charge on any atom is 0.446 e. The molecule has 0 fully saturated rings. The van der Waals surface area contributed by atoms with E-state index in [2.05, 4.69) is 9.05 Å². The number of hydrogen-bond acceptors (Lipinski definition) is 5. The van der Waals surface area contributed by atoms with Crippen LogP contribution in [0.1, 0.15) is 24.3 Å². The highest BCUT2D eigenvalue weighted by molar-refractivity contribution is 7.16. The molecule has 0 amide bonds. The maximum absolute atomic E-state index is 10.9. The Morgan fingerprint density at radius 1 is 1.38 bits per heavy atom. The van der Waals surface area contributed by atoms with E-state index < -0.39 is 11.3 Å². The van der Waals surface area contributed by atoms with Crippen LogP contribution >= 0.6 is 22.9 Å². The van der Waals surface area contributed by atoms with Gasteiger partial charge in [-0.1, -0.05) is 23.4 Å². The van der Waals surface area contributed by atoms with Crippen molar-refractivity contribution < 1.29 is 9.05 Å². The zero-order valence-corrected chi connectivity index (χ0v) is 9.88. The van der Waals surface area contributed by atoms with Crippen LogP contribution in [0.5, 0.6) is 0 Å². The molecule has 7 heteroatoms. The second kappa shape index (κ2) is 4.31. The molecular weight excluding hydrogens is 254 g/mol. The molecule has 0 radical (unpaired) electrons. The van der Waals surface area contributed by atoms with Gasteiger partial charge in [0.2, 0.25) is 0 Å². The summed E-state index contributed by atoms with van der Waals surface area (Å²) >= 11 is 7.16. The number of hydrogen-bond donors (Lipinski definition) is 0. The highest BCUT2D eigenvalue weighted by atomic mass is 35.5. The molecule has 0 aliphatic rings. The van der Waals surface area contributed by atoms with Crippen LogP contribution < -0.4 is 11.3 Å². The Hall–Kier alpha value is -1.27. The Labute approximate surface area is 98.8 Å². The molecule has 5 nitrogen and oxygen atoms in total. The Morgan fingerprint density at radius 3 is 2.44 bits per heavy atom. The fourth-order valence-corrected chi connectivity index (χ4v) is 2.56. The Balaban J connectivity index is 2.43. The summed E-state index contributed by atoms with van der Waals surface area (Å²) in [7, 11) is 0. The summed E-state index contributed by atoms with van der Waals surface area (Å²) in [6.07, 6.45) is 0.622. The molecule has 0 aliphatic carbocycles. The summed E-state index contributed by atoms with van der Waals surface area (Å²) in [5.74, 6) is 0. The molecule has 2 aromatic rings. The van der Waals surface area contributed by atoms with E-state index in [-0.39, 0.29) is 6.04 Å². The van der Waals surface area contributed by atoms with E-state index in [1.807, 2.05) is 6.92 Å². The van der Waals surface area contributed by atoms with Crippen molar-refractivity contribution in [2.45, 2.75) is 19.4 Å². The van der Waals surface area contributed by atoms with Gasteiger partial charge >= 0.3 is 11.3 Å². The highest BCUT2D eigenvalue weighted by Gasteiger charge is 2.19. The predicted molar refractivity (Wildman–Crippen MR) is 59.3 cm³/mol. The minimum atomic E-state index is -0.999. The lowest BCUT2D eigenvalue weighted by Gasteiger charge is -2.08. The summed E-state index contributed by atoms with van der Waals surface area (Å²) in [6.45, 7) is 1.89. The van der Waals surface area contributed by atoms with Crippen LogP contribution in [-0.2, 0) is 0 Å². The van der Waals surface area contributed by atoms with Crippen molar-refractivity contribution in [3.05, 3.63) is 42.2 Å². The van der Waals surface area contributed by atoms with Gasteiger partial charge in [0, 0.05) is 4.88 Å². The third kappa shape index (κ3) is 1.98. The average Bonchev–Trinajstić information content (AvgIpc) is 2.77. The van der Waals surface area contributed by atoms with E-state index in [0.717, 1.165) is 9.79 Å². The van der Waals surface area contributed by atoms with Crippen LogP contribution in [0.3, 0.4) is 0 Å². The third-order valence-corrected chi connectivity index (χ3v) is 3.41. The van der Waals surface area contributed by atoms with Gasteiger partial charge in [-0.05, 0) is 18.6 Å². The Morgan fingerprint density at radius 2 is 2.00 bits per heavy atom. The summed E-state index contributed by atoms with van der Waals surface area (Å²) in [6, 6.07) is 3.23. The molecule has 2 aromatic heterocycles. The molecule has 2 heterocycles. The molecule has 0 N–H and O–H groups in total. The molecule has 0 bridgehead atoms. The molecule has 0 saturated heterocycles. The first-order chi connectivity index (χ1) is 7.61. The van der Waals surface area contributed by atoms with Gasteiger partial charge in [-0.3, -0.25) is 9.05 Å². The van der Waals surface area contributed by atoms with Crippen molar-refractivity contribution in [2.24, 2.45) is 0 Å². The van der Waals surface area contributed by atoms with Crippen molar-refractivity contribution in [3.63, 3.8) is 0 Å². The fraction of sp³-hybridized carbons (Fsp3) is 0.333. The molecule has 0 aromatic carbocycles. The SMILES string of the molecule is CCC(c1ccc(Cl)s1)n1oc(=O)c(=O)o1. The largest absolute Gasteiger partial charge is 0.446 e. The van der Waals surface area contributed by atoms with Gasteiger partial charge in [-0.15, -0.1) is 11.3 Å². The van der Waals surface area contributed by atoms with Gasteiger partial charge in [-0.25, -0.2) is 9.59 Å². The smallest absolute Gasteiger partial charge is 0.298 e. The monoisotopic (exact) mass is 261 g/mol. The molecule has 16 heavy (non-hydrogen) atoms. The van der Waals surface area contributed by atoms with Crippen LogP contribution in [0.2, 0.25) is 4.34 Å². The van der Waals surface area contributed by atoms with Crippen LogP contribution in [0.25, 0.3) is 0 Å². The van der Waals surface area contributed by atoms with Gasteiger partial charge in [-0.2, -0.15) is 0 Å². The molecule has 0 saturated carbocycles. The number of halogens is 1. The maximum atomic E-state index is 10.9. The second-order valence-corrected chi connectivity index (χ2v) is 4.86. The van der Waals surface area contributed by atoms with Gasteiger partial charge < -0.3 is 0 Å². The lowest BCUT2D eigenvalue weighted by atomic mass is 10.2.